The van der Waals surface area contributed by atoms with Gasteiger partial charge in [0, 0.05) is 12.0 Å². The van der Waals surface area contributed by atoms with Crippen molar-refractivity contribution in [3.05, 3.63) is 57.7 Å². The zero-order valence-corrected chi connectivity index (χ0v) is 41.5. The summed E-state index contributed by atoms with van der Waals surface area (Å²) in [7, 11) is 0. The summed E-state index contributed by atoms with van der Waals surface area (Å²) in [4.78, 5) is 0. The molecule has 348 valence electrons. The number of aliphatic hydroxyl groups excluding tert-OH is 2. The van der Waals surface area contributed by atoms with Crippen LogP contribution in [0.5, 0.6) is 11.5 Å². The Morgan fingerprint density at radius 3 is 2.08 bits per heavy atom. The molecule has 1 heterocycles. The van der Waals surface area contributed by atoms with Crippen molar-refractivity contribution in [2.45, 2.75) is 241 Å². The molecule has 0 amide bonds. The molecule has 5 heteroatoms. The van der Waals surface area contributed by atoms with Crippen LogP contribution >= 0.6 is 0 Å². The van der Waals surface area contributed by atoms with E-state index < -0.39 is 17.8 Å². The molecular formula is C56H94O5. The van der Waals surface area contributed by atoms with Crippen LogP contribution in [0.4, 0.5) is 0 Å². The molecule has 0 aromatic heterocycles. The lowest BCUT2D eigenvalue weighted by Crippen LogP contribution is -2.37. The van der Waals surface area contributed by atoms with E-state index in [0.29, 0.717) is 35.8 Å². The van der Waals surface area contributed by atoms with E-state index in [1.165, 1.54) is 95.5 Å². The van der Waals surface area contributed by atoms with Crippen LogP contribution in [0.2, 0.25) is 0 Å². The first-order valence-electron chi connectivity index (χ1n) is 25.2. The molecule has 0 radical (unpaired) electrons. The van der Waals surface area contributed by atoms with Crippen LogP contribution in [0.25, 0.3) is 0 Å². The predicted molar refractivity (Wildman–Crippen MR) is 258 cm³/mol. The molecule has 61 heavy (non-hydrogen) atoms. The lowest BCUT2D eigenvalue weighted by atomic mass is 9.60. The van der Waals surface area contributed by atoms with E-state index in [1.54, 1.807) is 5.57 Å². The van der Waals surface area contributed by atoms with Crippen LogP contribution < -0.4 is 4.74 Å². The number of hydrogen-bond donors (Lipinski definition) is 4. The Balaban J connectivity index is 0.000000269. The third kappa shape index (κ3) is 14.5. The minimum absolute atomic E-state index is 0.0712. The number of phenolic OH excluding ortho intramolecular Hbond substituents is 1. The summed E-state index contributed by atoms with van der Waals surface area (Å²) in [6.07, 6.45) is 27.9. The van der Waals surface area contributed by atoms with Crippen LogP contribution in [0.15, 0.2) is 35.5 Å². The van der Waals surface area contributed by atoms with Crippen LogP contribution in [-0.2, 0) is 6.42 Å². The molecule has 3 fully saturated rings. The molecule has 0 spiro atoms. The Morgan fingerprint density at radius 2 is 1.44 bits per heavy atom. The Hall–Kier alpha value is -2.08. The highest BCUT2D eigenvalue weighted by Gasteiger charge is 2.50. The summed E-state index contributed by atoms with van der Waals surface area (Å²) in [5.41, 5.74) is 7.40. The van der Waals surface area contributed by atoms with E-state index in [0.717, 1.165) is 89.4 Å². The normalized spacial score (nSPS) is 29.5. The number of aliphatic hydroxyl groups is 3. The fourth-order valence-electron chi connectivity index (χ4n) is 12.0. The minimum Gasteiger partial charge on any atom is -0.507 e. The Bertz CT molecular complexity index is 1630. The van der Waals surface area contributed by atoms with Crippen molar-refractivity contribution in [3.8, 4) is 11.5 Å². The van der Waals surface area contributed by atoms with Gasteiger partial charge in [-0.2, -0.15) is 0 Å². The van der Waals surface area contributed by atoms with E-state index in [4.69, 9.17) is 4.74 Å². The molecule has 4 aliphatic rings. The number of rotatable bonds is 18. The number of benzene rings is 1. The van der Waals surface area contributed by atoms with E-state index in [1.807, 2.05) is 27.7 Å². The van der Waals surface area contributed by atoms with Crippen LogP contribution in [0, 0.1) is 61.7 Å². The molecule has 5 nitrogen and oxygen atoms in total. The van der Waals surface area contributed by atoms with E-state index in [9.17, 15) is 20.4 Å². The lowest BCUT2D eigenvalue weighted by molar-refractivity contribution is 0.0511. The van der Waals surface area contributed by atoms with Gasteiger partial charge in [0.2, 0.25) is 0 Å². The Morgan fingerprint density at radius 1 is 0.803 bits per heavy atom. The summed E-state index contributed by atoms with van der Waals surface area (Å²) in [6, 6.07) is 0. The van der Waals surface area contributed by atoms with E-state index in [2.05, 4.69) is 74.1 Å². The fourth-order valence-corrected chi connectivity index (χ4v) is 12.0. The summed E-state index contributed by atoms with van der Waals surface area (Å²) < 4.78 is 6.60. The highest BCUT2D eigenvalue weighted by molar-refractivity contribution is 5.58. The number of fused-ring (bicyclic) bond motifs is 2. The summed E-state index contributed by atoms with van der Waals surface area (Å²) in [6.45, 7) is 30.8. The molecular weight excluding hydrogens is 753 g/mol. The van der Waals surface area contributed by atoms with Crippen molar-refractivity contribution in [1.29, 1.82) is 0 Å². The smallest absolute Gasteiger partial charge is 0.127 e. The second-order valence-electron chi connectivity index (χ2n) is 22.8. The molecule has 0 unspecified atom stereocenters. The molecule has 1 aromatic rings. The van der Waals surface area contributed by atoms with Gasteiger partial charge in [-0.05, 0) is 181 Å². The zero-order chi connectivity index (χ0) is 45.3. The van der Waals surface area contributed by atoms with Gasteiger partial charge in [0.1, 0.15) is 17.1 Å². The van der Waals surface area contributed by atoms with E-state index in [-0.39, 0.29) is 5.60 Å². The highest BCUT2D eigenvalue weighted by Crippen LogP contribution is 2.60. The van der Waals surface area contributed by atoms with Gasteiger partial charge in [-0.3, -0.25) is 0 Å². The number of allylic oxidation sites excluding steroid dienone is 3. The molecule has 1 aromatic carbocycles. The van der Waals surface area contributed by atoms with Gasteiger partial charge in [-0.1, -0.05) is 124 Å². The SMILES string of the molecule is C=C1/C(=C/C=C2\CCC[C@]3(C)[C@@H]([C@H](C)CCCC(C)(C)O)CC[C@@H]23)C[C@@H](O)C[C@@H]1O.Cc1c(C)c2c(c(C)c1O)CC[C@@](C)(CCC[C@H](C)CCC[C@H](C)CCCC(C)C)O2. The molecule has 3 saturated carbocycles. The standard InChI is InChI=1S/C29H50O2.C27H44O3/c1-20(2)12-9-13-21(3)14-10-15-22(4)16-11-18-29(8)19-17-26-25(7)27(30)23(5)24(6)28(26)31-29;1-18(8-6-14-26(3,4)30)23-12-13-24-20(9-7-15-27(23,24)5)10-11-21-16-22(28)17-25(29)19(21)2/h20-22,30H,9-19H2,1-8H3;10-11,18,22-25,28-30H,2,6-9,12-17H2,1,3-5H3/b;20-10+,21-11+/t21-,22-,29-;18-,22-,23-,24+,25+,27-/m11/s1. The number of hydrogen-bond acceptors (Lipinski definition) is 5. The number of ether oxygens (including phenoxy) is 1. The van der Waals surface area contributed by atoms with Crippen LogP contribution in [0.1, 0.15) is 213 Å². The highest BCUT2D eigenvalue weighted by atomic mass is 16.5. The molecule has 0 saturated heterocycles. The zero-order valence-electron chi connectivity index (χ0n) is 41.5. The molecule has 3 aliphatic carbocycles. The predicted octanol–water partition coefficient (Wildman–Crippen LogP) is 14.5. The summed E-state index contributed by atoms with van der Waals surface area (Å²) in [5.74, 6) is 6.14. The largest absolute Gasteiger partial charge is 0.507 e. The average Bonchev–Trinajstić information content (AvgIpc) is 3.54. The Kier molecular flexibility index (Phi) is 19.2. The summed E-state index contributed by atoms with van der Waals surface area (Å²) >= 11 is 0. The van der Waals surface area contributed by atoms with Crippen LogP contribution in [-0.4, -0.2) is 43.8 Å². The first kappa shape index (κ1) is 51.6. The summed E-state index contributed by atoms with van der Waals surface area (Å²) in [5, 5.41) is 40.6. The molecule has 1 aliphatic heterocycles. The molecule has 5 rings (SSSR count). The van der Waals surface area contributed by atoms with Gasteiger partial charge in [-0.15, -0.1) is 0 Å². The van der Waals surface area contributed by atoms with Crippen molar-refractivity contribution in [1.82, 2.24) is 0 Å². The van der Waals surface area contributed by atoms with Crippen molar-refractivity contribution in [2.24, 2.45) is 40.9 Å². The second kappa shape index (κ2) is 22.7. The molecule has 4 N–H and O–H groups in total. The first-order chi connectivity index (χ1) is 28.5. The average molecular weight is 847 g/mol. The van der Waals surface area contributed by atoms with Crippen LogP contribution in [0.3, 0.4) is 0 Å². The number of phenols is 1. The van der Waals surface area contributed by atoms with Crippen molar-refractivity contribution in [2.75, 3.05) is 0 Å². The fraction of sp³-hybridized carbons (Fsp3) is 0.786. The van der Waals surface area contributed by atoms with Gasteiger partial charge < -0.3 is 25.2 Å². The van der Waals surface area contributed by atoms with Gasteiger partial charge in [0.05, 0.1) is 17.8 Å². The van der Waals surface area contributed by atoms with Crippen molar-refractivity contribution < 1.29 is 25.2 Å². The van der Waals surface area contributed by atoms with Gasteiger partial charge in [0.25, 0.3) is 0 Å². The second-order valence-corrected chi connectivity index (χ2v) is 22.8. The van der Waals surface area contributed by atoms with E-state index >= 15 is 0 Å². The molecule has 0 bridgehead atoms. The number of aromatic hydroxyl groups is 1. The van der Waals surface area contributed by atoms with Gasteiger partial charge >= 0.3 is 0 Å². The quantitative estimate of drug-likeness (QED) is 0.118. The van der Waals surface area contributed by atoms with Gasteiger partial charge in [-0.25, -0.2) is 0 Å². The maximum Gasteiger partial charge on any atom is 0.127 e. The third-order valence-electron chi connectivity index (χ3n) is 16.3. The van der Waals surface area contributed by atoms with Crippen molar-refractivity contribution >= 4 is 0 Å². The minimum atomic E-state index is -0.615. The maximum absolute atomic E-state index is 10.4. The third-order valence-corrected chi connectivity index (χ3v) is 16.3. The van der Waals surface area contributed by atoms with Crippen molar-refractivity contribution in [3.63, 3.8) is 0 Å². The maximum atomic E-state index is 10.4. The topological polar surface area (TPSA) is 90.2 Å². The first-order valence-corrected chi connectivity index (χ1v) is 25.2. The lowest BCUT2D eigenvalue weighted by Gasteiger charge is -2.44. The monoisotopic (exact) mass is 847 g/mol. The molecule has 9 atom stereocenters. The van der Waals surface area contributed by atoms with Gasteiger partial charge in [0.15, 0.2) is 0 Å². The Labute approximate surface area is 375 Å².